The minimum atomic E-state index is -0.615. The highest BCUT2D eigenvalue weighted by molar-refractivity contribution is 5.48. The summed E-state index contributed by atoms with van der Waals surface area (Å²) >= 11 is 0. The van der Waals surface area contributed by atoms with Crippen molar-refractivity contribution in [2.45, 2.75) is 57.2 Å². The Morgan fingerprint density at radius 1 is 0.811 bits per heavy atom. The van der Waals surface area contributed by atoms with Gasteiger partial charge >= 0.3 is 0 Å². The van der Waals surface area contributed by atoms with Crippen LogP contribution in [-0.4, -0.2) is 50.0 Å². The Bertz CT molecular complexity index is 1080. The molecule has 0 atom stereocenters. The average Bonchev–Trinajstić information content (AvgIpc) is 3.09. The molecule has 0 radical (unpaired) electrons. The Labute approximate surface area is 222 Å². The Hall–Kier alpha value is -3.02. The van der Waals surface area contributed by atoms with E-state index >= 15 is 0 Å². The van der Waals surface area contributed by atoms with E-state index in [9.17, 15) is 5.11 Å². The molecule has 0 fully saturated rings. The van der Waals surface area contributed by atoms with E-state index in [0.717, 1.165) is 75.3 Å². The van der Waals surface area contributed by atoms with Gasteiger partial charge in [-0.2, -0.15) is 0 Å². The first-order chi connectivity index (χ1) is 18.0. The van der Waals surface area contributed by atoms with Crippen molar-refractivity contribution in [3.8, 4) is 17.2 Å². The van der Waals surface area contributed by atoms with Crippen LogP contribution in [0.25, 0.3) is 0 Å². The number of methoxy groups -OCH3 is 2. The zero-order valence-electron chi connectivity index (χ0n) is 22.5. The van der Waals surface area contributed by atoms with Gasteiger partial charge in [-0.3, -0.25) is 0 Å². The molecule has 1 N–H and O–H groups in total. The highest BCUT2D eigenvalue weighted by Gasteiger charge is 2.30. The molecule has 3 aromatic rings. The van der Waals surface area contributed by atoms with E-state index in [1.54, 1.807) is 14.2 Å². The van der Waals surface area contributed by atoms with E-state index in [0.29, 0.717) is 6.61 Å². The minimum absolute atomic E-state index is 0.587. The molecule has 4 rings (SSSR count). The molecular formula is C32H41NO4. The molecule has 198 valence electrons. The summed E-state index contributed by atoms with van der Waals surface area (Å²) < 4.78 is 16.8. The van der Waals surface area contributed by atoms with Gasteiger partial charge in [0.2, 0.25) is 0 Å². The van der Waals surface area contributed by atoms with E-state index in [1.807, 2.05) is 18.2 Å². The number of ether oxygens (including phenoxy) is 3. The summed E-state index contributed by atoms with van der Waals surface area (Å²) in [5, 5.41) is 11.3. The summed E-state index contributed by atoms with van der Waals surface area (Å²) in [7, 11) is 5.51. The maximum absolute atomic E-state index is 11.3. The van der Waals surface area contributed by atoms with Crippen LogP contribution in [0.2, 0.25) is 0 Å². The molecule has 5 heteroatoms. The first-order valence-corrected chi connectivity index (χ1v) is 13.4. The molecule has 0 saturated heterocycles. The van der Waals surface area contributed by atoms with Crippen molar-refractivity contribution < 1.29 is 19.3 Å². The second kappa shape index (κ2) is 13.0. The molecule has 0 aliphatic heterocycles. The zero-order valence-corrected chi connectivity index (χ0v) is 22.5. The fourth-order valence-corrected chi connectivity index (χ4v) is 5.14. The molecular weight excluding hydrogens is 462 g/mol. The van der Waals surface area contributed by atoms with Gasteiger partial charge in [0, 0.05) is 6.54 Å². The normalized spacial score (nSPS) is 14.6. The number of aryl methyl sites for hydroxylation is 2. The Morgan fingerprint density at radius 2 is 1.43 bits per heavy atom. The van der Waals surface area contributed by atoms with E-state index in [2.05, 4.69) is 60.5 Å². The van der Waals surface area contributed by atoms with Gasteiger partial charge in [-0.25, -0.2) is 0 Å². The van der Waals surface area contributed by atoms with Crippen LogP contribution in [0.3, 0.4) is 0 Å². The van der Waals surface area contributed by atoms with Crippen LogP contribution >= 0.6 is 0 Å². The van der Waals surface area contributed by atoms with Crippen LogP contribution < -0.4 is 14.2 Å². The summed E-state index contributed by atoms with van der Waals surface area (Å²) in [6.07, 6.45) is 6.13. The third-order valence-corrected chi connectivity index (χ3v) is 7.56. The second-order valence-electron chi connectivity index (χ2n) is 10.3. The van der Waals surface area contributed by atoms with Gasteiger partial charge in [0.25, 0.3) is 0 Å². The topological polar surface area (TPSA) is 51.2 Å². The number of rotatable bonds is 12. The molecule has 37 heavy (non-hydrogen) atoms. The molecule has 0 spiro atoms. The summed E-state index contributed by atoms with van der Waals surface area (Å²) in [6, 6.07) is 22.8. The standard InChI is InChI=1S/C32H41NO4/c1-33(21-16-25-10-12-29(13-11-25)37-24-26-8-5-4-6-9-26)20-7-17-32(34)18-14-27-22-30(35-2)31(36-3)23-28(27)15-19-32/h4-6,8-13,22-23,34H,7,14-21,24H2,1-3H3. The van der Waals surface area contributed by atoms with Gasteiger partial charge in [-0.05, 0) is 105 Å². The molecule has 5 nitrogen and oxygen atoms in total. The summed E-state index contributed by atoms with van der Waals surface area (Å²) in [6.45, 7) is 2.56. The van der Waals surface area contributed by atoms with Gasteiger partial charge in [-0.15, -0.1) is 0 Å². The van der Waals surface area contributed by atoms with Crippen molar-refractivity contribution in [1.82, 2.24) is 4.90 Å². The lowest BCUT2D eigenvalue weighted by molar-refractivity contribution is 0.0135. The fourth-order valence-electron chi connectivity index (χ4n) is 5.14. The van der Waals surface area contributed by atoms with E-state index < -0.39 is 5.60 Å². The number of hydrogen-bond acceptors (Lipinski definition) is 5. The van der Waals surface area contributed by atoms with Crippen molar-refractivity contribution in [3.63, 3.8) is 0 Å². The van der Waals surface area contributed by atoms with Crippen molar-refractivity contribution in [1.29, 1.82) is 0 Å². The number of hydrogen-bond donors (Lipinski definition) is 1. The molecule has 0 amide bonds. The van der Waals surface area contributed by atoms with Gasteiger partial charge in [0.1, 0.15) is 12.4 Å². The Morgan fingerprint density at radius 3 is 2.03 bits per heavy atom. The number of aliphatic hydroxyl groups is 1. The van der Waals surface area contributed by atoms with Gasteiger partial charge in [-0.1, -0.05) is 42.5 Å². The molecule has 3 aromatic carbocycles. The molecule has 1 aliphatic rings. The van der Waals surface area contributed by atoms with Gasteiger partial charge < -0.3 is 24.2 Å². The molecule has 0 aromatic heterocycles. The predicted octanol–water partition coefficient (Wildman–Crippen LogP) is 5.85. The van der Waals surface area contributed by atoms with Crippen molar-refractivity contribution in [2.75, 3.05) is 34.4 Å². The van der Waals surface area contributed by atoms with Crippen molar-refractivity contribution >= 4 is 0 Å². The third kappa shape index (κ3) is 7.73. The van der Waals surface area contributed by atoms with E-state index in [-0.39, 0.29) is 0 Å². The first kappa shape index (κ1) is 27.0. The first-order valence-electron chi connectivity index (χ1n) is 13.4. The Kier molecular flexibility index (Phi) is 9.48. The number of nitrogens with zero attached hydrogens (tertiary/aromatic N) is 1. The highest BCUT2D eigenvalue weighted by Crippen LogP contribution is 2.37. The van der Waals surface area contributed by atoms with Crippen LogP contribution in [0.5, 0.6) is 17.2 Å². The Balaban J connectivity index is 1.18. The highest BCUT2D eigenvalue weighted by atomic mass is 16.5. The van der Waals surface area contributed by atoms with Crippen LogP contribution in [0.4, 0.5) is 0 Å². The van der Waals surface area contributed by atoms with E-state index in [1.165, 1.54) is 22.3 Å². The molecule has 0 saturated carbocycles. The largest absolute Gasteiger partial charge is 0.493 e. The maximum atomic E-state index is 11.3. The van der Waals surface area contributed by atoms with Crippen LogP contribution in [-0.2, 0) is 25.9 Å². The lowest BCUT2D eigenvalue weighted by atomic mass is 9.89. The molecule has 0 heterocycles. The lowest BCUT2D eigenvalue weighted by Crippen LogP contribution is -2.31. The monoisotopic (exact) mass is 503 g/mol. The van der Waals surface area contributed by atoms with Crippen molar-refractivity contribution in [2.24, 2.45) is 0 Å². The van der Waals surface area contributed by atoms with Crippen LogP contribution in [0, 0.1) is 0 Å². The molecule has 0 bridgehead atoms. The summed E-state index contributed by atoms with van der Waals surface area (Å²) in [4.78, 5) is 2.37. The third-order valence-electron chi connectivity index (χ3n) is 7.56. The van der Waals surface area contributed by atoms with Crippen molar-refractivity contribution in [3.05, 3.63) is 89.0 Å². The maximum Gasteiger partial charge on any atom is 0.161 e. The number of benzene rings is 3. The SMILES string of the molecule is COc1cc2c(cc1OC)CCC(O)(CCCN(C)CCc1ccc(OCc3ccccc3)cc1)CC2. The van der Waals surface area contributed by atoms with Crippen LogP contribution in [0.15, 0.2) is 66.7 Å². The number of fused-ring (bicyclic) bond motifs is 1. The summed E-state index contributed by atoms with van der Waals surface area (Å²) in [5.74, 6) is 2.43. The summed E-state index contributed by atoms with van der Waals surface area (Å²) in [5.41, 5.74) is 4.40. The predicted molar refractivity (Wildman–Crippen MR) is 149 cm³/mol. The smallest absolute Gasteiger partial charge is 0.161 e. The zero-order chi connectivity index (χ0) is 26.1. The number of likely N-dealkylation sites (N-methyl/N-ethyl adjacent to an activating group) is 1. The average molecular weight is 504 g/mol. The quantitative estimate of drug-likeness (QED) is 0.314. The fraction of sp³-hybridized carbons (Fsp3) is 0.438. The van der Waals surface area contributed by atoms with Gasteiger partial charge in [0.05, 0.1) is 19.8 Å². The van der Waals surface area contributed by atoms with E-state index in [4.69, 9.17) is 14.2 Å². The minimum Gasteiger partial charge on any atom is -0.493 e. The van der Waals surface area contributed by atoms with Gasteiger partial charge in [0.15, 0.2) is 11.5 Å². The molecule has 1 aliphatic carbocycles. The lowest BCUT2D eigenvalue weighted by Gasteiger charge is -2.27. The van der Waals surface area contributed by atoms with Crippen LogP contribution in [0.1, 0.15) is 47.9 Å². The second-order valence-corrected chi connectivity index (χ2v) is 10.3. The molecule has 0 unspecified atom stereocenters.